The minimum absolute atomic E-state index is 0.499. The van der Waals surface area contributed by atoms with Crippen LogP contribution in [0.15, 0.2) is 12.1 Å². The van der Waals surface area contributed by atoms with Gasteiger partial charge in [0, 0.05) is 18.6 Å². The molecule has 1 aliphatic heterocycles. The zero-order valence-electron chi connectivity index (χ0n) is 14.5. The molecule has 1 heterocycles. The first-order chi connectivity index (χ1) is 10.0. The number of hydrogen-bond acceptors (Lipinski definition) is 2. The van der Waals surface area contributed by atoms with Crippen molar-refractivity contribution >= 4 is 0 Å². The zero-order chi connectivity index (χ0) is 15.4. The highest BCUT2D eigenvalue weighted by Gasteiger charge is 2.22. The Kier molecular flexibility index (Phi) is 5.83. The van der Waals surface area contributed by atoms with Crippen molar-refractivity contribution in [1.82, 2.24) is 10.2 Å². The molecule has 1 aromatic carbocycles. The minimum atomic E-state index is 0.499. The highest BCUT2D eigenvalue weighted by molar-refractivity contribution is 5.39. The van der Waals surface area contributed by atoms with Gasteiger partial charge < -0.3 is 5.32 Å². The van der Waals surface area contributed by atoms with Gasteiger partial charge >= 0.3 is 0 Å². The summed E-state index contributed by atoms with van der Waals surface area (Å²) in [6.07, 6.45) is 4.05. The first-order valence-electron chi connectivity index (χ1n) is 8.58. The largest absolute Gasteiger partial charge is 0.313 e. The van der Waals surface area contributed by atoms with Crippen LogP contribution in [-0.4, -0.2) is 30.6 Å². The average Bonchev–Trinajstić information content (AvgIpc) is 2.44. The van der Waals surface area contributed by atoms with E-state index in [1.54, 1.807) is 0 Å². The van der Waals surface area contributed by atoms with E-state index < -0.39 is 0 Å². The van der Waals surface area contributed by atoms with Gasteiger partial charge in [-0.3, -0.25) is 4.90 Å². The Morgan fingerprint density at radius 3 is 2.38 bits per heavy atom. The molecule has 2 rings (SSSR count). The lowest BCUT2D eigenvalue weighted by atomic mass is 9.93. The SMILES string of the molecule is CCN(CC1CCCCN1)C(C)c1c(C)cc(C)cc1C. The first-order valence-corrected chi connectivity index (χ1v) is 8.58. The molecule has 118 valence electrons. The Bertz CT molecular complexity index is 438. The summed E-state index contributed by atoms with van der Waals surface area (Å²) in [5.74, 6) is 0. The summed E-state index contributed by atoms with van der Waals surface area (Å²) in [5, 5.41) is 3.69. The van der Waals surface area contributed by atoms with Crippen molar-refractivity contribution in [1.29, 1.82) is 0 Å². The van der Waals surface area contributed by atoms with Gasteiger partial charge in [0.05, 0.1) is 0 Å². The third kappa shape index (κ3) is 4.08. The maximum Gasteiger partial charge on any atom is 0.0325 e. The third-order valence-electron chi connectivity index (χ3n) is 4.98. The quantitative estimate of drug-likeness (QED) is 0.876. The highest BCUT2D eigenvalue weighted by Crippen LogP contribution is 2.28. The number of piperidine rings is 1. The monoisotopic (exact) mass is 288 g/mol. The van der Waals surface area contributed by atoms with Crippen LogP contribution in [0.2, 0.25) is 0 Å². The molecule has 1 saturated heterocycles. The maximum absolute atomic E-state index is 3.69. The second kappa shape index (κ2) is 7.42. The van der Waals surface area contributed by atoms with E-state index >= 15 is 0 Å². The van der Waals surface area contributed by atoms with Gasteiger partial charge in [-0.2, -0.15) is 0 Å². The van der Waals surface area contributed by atoms with Gasteiger partial charge in [-0.15, -0.1) is 0 Å². The average molecular weight is 288 g/mol. The predicted molar refractivity (Wildman–Crippen MR) is 92.0 cm³/mol. The second-order valence-electron chi connectivity index (χ2n) is 6.72. The fourth-order valence-electron chi connectivity index (χ4n) is 3.96. The second-order valence-corrected chi connectivity index (χ2v) is 6.72. The molecule has 2 heteroatoms. The van der Waals surface area contributed by atoms with Crippen molar-refractivity contribution in [3.8, 4) is 0 Å². The molecule has 0 amide bonds. The van der Waals surface area contributed by atoms with Crippen LogP contribution < -0.4 is 5.32 Å². The van der Waals surface area contributed by atoms with Crippen molar-refractivity contribution in [3.63, 3.8) is 0 Å². The molecule has 1 aliphatic rings. The molecule has 1 aromatic rings. The van der Waals surface area contributed by atoms with Crippen LogP contribution in [0.4, 0.5) is 0 Å². The molecule has 0 spiro atoms. The lowest BCUT2D eigenvalue weighted by Gasteiger charge is -2.35. The van der Waals surface area contributed by atoms with Gasteiger partial charge in [0.25, 0.3) is 0 Å². The van der Waals surface area contributed by atoms with E-state index in [0.717, 1.165) is 6.54 Å². The number of benzene rings is 1. The molecule has 0 bridgehead atoms. The number of aryl methyl sites for hydroxylation is 3. The highest BCUT2D eigenvalue weighted by atomic mass is 15.2. The molecule has 21 heavy (non-hydrogen) atoms. The molecule has 2 atom stereocenters. The van der Waals surface area contributed by atoms with Crippen LogP contribution in [0.3, 0.4) is 0 Å². The van der Waals surface area contributed by atoms with E-state index in [1.807, 2.05) is 0 Å². The zero-order valence-corrected chi connectivity index (χ0v) is 14.5. The fourth-order valence-corrected chi connectivity index (χ4v) is 3.96. The molecule has 0 aromatic heterocycles. The number of likely N-dealkylation sites (N-methyl/N-ethyl adjacent to an activating group) is 1. The maximum atomic E-state index is 3.69. The van der Waals surface area contributed by atoms with Crippen molar-refractivity contribution in [2.75, 3.05) is 19.6 Å². The van der Waals surface area contributed by atoms with Crippen LogP contribution in [-0.2, 0) is 0 Å². The number of rotatable bonds is 5. The summed E-state index contributed by atoms with van der Waals surface area (Å²) < 4.78 is 0. The molecule has 2 nitrogen and oxygen atoms in total. The van der Waals surface area contributed by atoms with Crippen LogP contribution in [0, 0.1) is 20.8 Å². The molecule has 0 radical (unpaired) electrons. The molecule has 1 N–H and O–H groups in total. The van der Waals surface area contributed by atoms with Gasteiger partial charge in [0.1, 0.15) is 0 Å². The molecular weight excluding hydrogens is 256 g/mol. The Hall–Kier alpha value is -0.860. The van der Waals surface area contributed by atoms with Crippen molar-refractivity contribution < 1.29 is 0 Å². The van der Waals surface area contributed by atoms with Crippen LogP contribution in [0.25, 0.3) is 0 Å². The summed E-state index contributed by atoms with van der Waals surface area (Å²) in [5.41, 5.74) is 5.78. The fraction of sp³-hybridized carbons (Fsp3) is 0.684. The lowest BCUT2D eigenvalue weighted by Crippen LogP contribution is -2.44. The Morgan fingerprint density at radius 2 is 1.86 bits per heavy atom. The predicted octanol–water partition coefficient (Wildman–Crippen LogP) is 4.14. The normalized spacial score (nSPS) is 20.8. The molecule has 1 fully saturated rings. The van der Waals surface area contributed by atoms with E-state index in [0.29, 0.717) is 12.1 Å². The number of nitrogens with zero attached hydrogens (tertiary/aromatic N) is 1. The number of nitrogens with one attached hydrogen (secondary N) is 1. The number of hydrogen-bond donors (Lipinski definition) is 1. The third-order valence-corrected chi connectivity index (χ3v) is 4.98. The Balaban J connectivity index is 2.14. The summed E-state index contributed by atoms with van der Waals surface area (Å²) >= 11 is 0. The van der Waals surface area contributed by atoms with Crippen LogP contribution in [0.1, 0.15) is 61.4 Å². The Morgan fingerprint density at radius 1 is 1.19 bits per heavy atom. The van der Waals surface area contributed by atoms with Gasteiger partial charge in [0.2, 0.25) is 0 Å². The van der Waals surface area contributed by atoms with Crippen molar-refractivity contribution in [2.24, 2.45) is 0 Å². The lowest BCUT2D eigenvalue weighted by molar-refractivity contribution is 0.184. The van der Waals surface area contributed by atoms with E-state index in [4.69, 9.17) is 0 Å². The topological polar surface area (TPSA) is 15.3 Å². The summed E-state index contributed by atoms with van der Waals surface area (Å²) in [4.78, 5) is 2.63. The van der Waals surface area contributed by atoms with Crippen LogP contribution >= 0.6 is 0 Å². The summed E-state index contributed by atoms with van der Waals surface area (Å²) in [6, 6.07) is 5.82. The van der Waals surface area contributed by atoms with E-state index in [-0.39, 0.29) is 0 Å². The molecule has 0 saturated carbocycles. The van der Waals surface area contributed by atoms with E-state index in [2.05, 4.69) is 57.0 Å². The molecule has 2 unspecified atom stereocenters. The van der Waals surface area contributed by atoms with Gasteiger partial charge in [-0.1, -0.05) is 31.0 Å². The smallest absolute Gasteiger partial charge is 0.0325 e. The van der Waals surface area contributed by atoms with Crippen molar-refractivity contribution in [2.45, 2.75) is 66.0 Å². The first kappa shape index (κ1) is 16.5. The van der Waals surface area contributed by atoms with E-state index in [9.17, 15) is 0 Å². The van der Waals surface area contributed by atoms with Gasteiger partial charge in [-0.25, -0.2) is 0 Å². The molecular formula is C19H32N2. The summed E-state index contributed by atoms with van der Waals surface area (Å²) in [7, 11) is 0. The molecule has 0 aliphatic carbocycles. The van der Waals surface area contributed by atoms with Gasteiger partial charge in [0.15, 0.2) is 0 Å². The Labute approximate surface area is 130 Å². The van der Waals surface area contributed by atoms with E-state index in [1.165, 1.54) is 54.6 Å². The summed E-state index contributed by atoms with van der Waals surface area (Å²) in [6.45, 7) is 14.9. The van der Waals surface area contributed by atoms with Crippen LogP contribution in [0.5, 0.6) is 0 Å². The standard InChI is InChI=1S/C19H32N2/c1-6-21(13-18-9-7-8-10-20-18)17(5)19-15(3)11-14(2)12-16(19)4/h11-12,17-18,20H,6-10,13H2,1-5H3. The minimum Gasteiger partial charge on any atom is -0.313 e. The van der Waals surface area contributed by atoms with Gasteiger partial charge in [-0.05, 0) is 70.3 Å². The van der Waals surface area contributed by atoms with Crippen molar-refractivity contribution in [3.05, 3.63) is 34.4 Å².